The zero-order valence-corrected chi connectivity index (χ0v) is 11.6. The molecule has 102 valence electrons. The zero-order chi connectivity index (χ0) is 13.5. The van der Waals surface area contributed by atoms with Crippen molar-refractivity contribution >= 4 is 11.6 Å². The summed E-state index contributed by atoms with van der Waals surface area (Å²) in [5, 5.41) is 4.30. The van der Waals surface area contributed by atoms with Crippen molar-refractivity contribution in [2.24, 2.45) is 11.0 Å². The first kappa shape index (κ1) is 13.8. The van der Waals surface area contributed by atoms with E-state index in [1.54, 1.807) is 0 Å². The average molecular weight is 258 g/mol. The Labute approximate surface area is 115 Å². The van der Waals surface area contributed by atoms with Crippen molar-refractivity contribution in [1.29, 1.82) is 0 Å². The largest absolute Gasteiger partial charge is 0.273 e. The number of hydrogen-bond acceptors (Lipinski definition) is 2. The number of rotatable bonds is 5. The van der Waals surface area contributed by atoms with Crippen LogP contribution in [0.3, 0.4) is 0 Å². The maximum Gasteiger partial charge on any atom is 0.240 e. The van der Waals surface area contributed by atoms with Crippen molar-refractivity contribution in [3.63, 3.8) is 0 Å². The molecule has 1 saturated carbocycles. The van der Waals surface area contributed by atoms with Gasteiger partial charge in [0, 0.05) is 12.1 Å². The van der Waals surface area contributed by atoms with Crippen LogP contribution in [0.2, 0.25) is 0 Å². The van der Waals surface area contributed by atoms with Gasteiger partial charge in [0.15, 0.2) is 0 Å². The number of nitrogens with zero attached hydrogens (tertiary/aromatic N) is 1. The number of benzene rings is 1. The molecule has 1 aliphatic carbocycles. The van der Waals surface area contributed by atoms with E-state index in [0.717, 1.165) is 19.3 Å². The van der Waals surface area contributed by atoms with Crippen molar-refractivity contribution in [2.45, 2.75) is 45.4 Å². The van der Waals surface area contributed by atoms with Crippen LogP contribution >= 0.6 is 0 Å². The van der Waals surface area contributed by atoms with Crippen molar-refractivity contribution in [1.82, 2.24) is 5.43 Å². The highest BCUT2D eigenvalue weighted by Crippen LogP contribution is 2.24. The highest BCUT2D eigenvalue weighted by atomic mass is 16.2. The third-order valence-corrected chi connectivity index (χ3v) is 3.76. The van der Waals surface area contributed by atoms with Crippen LogP contribution in [-0.4, -0.2) is 11.6 Å². The smallest absolute Gasteiger partial charge is 0.240 e. The second kappa shape index (κ2) is 7.07. The van der Waals surface area contributed by atoms with E-state index in [1.807, 2.05) is 30.3 Å². The van der Waals surface area contributed by atoms with E-state index in [-0.39, 0.29) is 5.91 Å². The molecule has 1 fully saturated rings. The molecule has 2 rings (SSSR count). The lowest BCUT2D eigenvalue weighted by Gasteiger charge is -2.07. The van der Waals surface area contributed by atoms with Gasteiger partial charge in [0.05, 0.1) is 0 Å². The summed E-state index contributed by atoms with van der Waals surface area (Å²) in [6, 6.07) is 10.1. The molecule has 0 saturated heterocycles. The molecular formula is C16H22N2O. The number of amides is 1. The Kier molecular flexibility index (Phi) is 5.13. The summed E-state index contributed by atoms with van der Waals surface area (Å²) >= 11 is 0. The molecular weight excluding hydrogens is 236 g/mol. The van der Waals surface area contributed by atoms with Gasteiger partial charge >= 0.3 is 0 Å². The van der Waals surface area contributed by atoms with Gasteiger partial charge in [-0.05, 0) is 43.6 Å². The van der Waals surface area contributed by atoms with E-state index >= 15 is 0 Å². The molecule has 1 aliphatic rings. The van der Waals surface area contributed by atoms with Gasteiger partial charge in [-0.2, -0.15) is 5.10 Å². The molecule has 1 unspecified atom stereocenters. The molecule has 19 heavy (non-hydrogen) atoms. The molecule has 1 amide bonds. The summed E-state index contributed by atoms with van der Waals surface area (Å²) in [7, 11) is 0. The van der Waals surface area contributed by atoms with Crippen LogP contribution in [0.15, 0.2) is 35.4 Å². The zero-order valence-electron chi connectivity index (χ0n) is 11.6. The summed E-state index contributed by atoms with van der Waals surface area (Å²) in [4.78, 5) is 11.7. The van der Waals surface area contributed by atoms with E-state index in [9.17, 15) is 4.79 Å². The average Bonchev–Trinajstić information content (AvgIpc) is 2.91. The standard InChI is InChI=1S/C16H22N2O/c1-2-14-9-6-10-15(14)17-18-16(19)12-11-13-7-4-3-5-8-13/h3-5,7-8,14H,2,6,9-12H2,1H3,(H,18,19)/b17-15-. The molecule has 0 aromatic heterocycles. The molecule has 1 aromatic rings. The van der Waals surface area contributed by atoms with E-state index in [1.165, 1.54) is 24.1 Å². The minimum atomic E-state index is 0.0121. The van der Waals surface area contributed by atoms with Gasteiger partial charge in [-0.1, -0.05) is 37.3 Å². The highest BCUT2D eigenvalue weighted by Gasteiger charge is 2.20. The summed E-state index contributed by atoms with van der Waals surface area (Å²) in [6.45, 7) is 2.18. The SMILES string of the molecule is CCC1CCC/C1=N/NC(=O)CCc1ccccc1. The van der Waals surface area contributed by atoms with Crippen LogP contribution < -0.4 is 5.43 Å². The first-order valence-corrected chi connectivity index (χ1v) is 7.18. The number of aryl methyl sites for hydroxylation is 1. The monoisotopic (exact) mass is 258 g/mol. The lowest BCUT2D eigenvalue weighted by molar-refractivity contribution is -0.121. The van der Waals surface area contributed by atoms with Gasteiger partial charge in [0.1, 0.15) is 0 Å². The van der Waals surface area contributed by atoms with Crippen molar-refractivity contribution < 1.29 is 4.79 Å². The van der Waals surface area contributed by atoms with Gasteiger partial charge in [-0.3, -0.25) is 4.79 Å². The minimum Gasteiger partial charge on any atom is -0.273 e. The van der Waals surface area contributed by atoms with Gasteiger partial charge in [-0.25, -0.2) is 5.43 Å². The maximum absolute atomic E-state index is 11.7. The summed E-state index contributed by atoms with van der Waals surface area (Å²) in [5.74, 6) is 0.590. The first-order valence-electron chi connectivity index (χ1n) is 7.18. The number of carbonyl (C=O) groups excluding carboxylic acids is 1. The molecule has 0 bridgehead atoms. The molecule has 0 aliphatic heterocycles. The molecule has 1 aromatic carbocycles. The normalized spacial score (nSPS) is 20.7. The molecule has 0 radical (unpaired) electrons. The molecule has 1 N–H and O–H groups in total. The predicted molar refractivity (Wildman–Crippen MR) is 78.0 cm³/mol. The van der Waals surface area contributed by atoms with Crippen LogP contribution in [0.5, 0.6) is 0 Å². The third-order valence-electron chi connectivity index (χ3n) is 3.76. The fourth-order valence-electron chi connectivity index (χ4n) is 2.58. The Hall–Kier alpha value is -1.64. The number of hydrogen-bond donors (Lipinski definition) is 1. The number of carbonyl (C=O) groups is 1. The van der Waals surface area contributed by atoms with Crippen LogP contribution in [0.4, 0.5) is 0 Å². The second-order valence-electron chi connectivity index (χ2n) is 5.12. The predicted octanol–water partition coefficient (Wildman–Crippen LogP) is 3.30. The summed E-state index contributed by atoms with van der Waals surface area (Å²) in [5.41, 5.74) is 5.08. The fraction of sp³-hybridized carbons (Fsp3) is 0.500. The Morgan fingerprint density at radius 2 is 2.16 bits per heavy atom. The van der Waals surface area contributed by atoms with Crippen LogP contribution in [-0.2, 0) is 11.2 Å². The van der Waals surface area contributed by atoms with Gasteiger partial charge in [0.25, 0.3) is 0 Å². The van der Waals surface area contributed by atoms with Gasteiger partial charge in [-0.15, -0.1) is 0 Å². The maximum atomic E-state index is 11.7. The fourth-order valence-corrected chi connectivity index (χ4v) is 2.58. The van der Waals surface area contributed by atoms with Crippen LogP contribution in [0, 0.1) is 5.92 Å². The lowest BCUT2D eigenvalue weighted by Crippen LogP contribution is -2.21. The second-order valence-corrected chi connectivity index (χ2v) is 5.12. The Morgan fingerprint density at radius 1 is 1.37 bits per heavy atom. The third kappa shape index (κ3) is 4.19. The first-order chi connectivity index (χ1) is 9.29. The van der Waals surface area contributed by atoms with E-state index < -0.39 is 0 Å². The Balaban J connectivity index is 1.77. The van der Waals surface area contributed by atoms with Crippen molar-refractivity contribution in [3.05, 3.63) is 35.9 Å². The number of hydrazone groups is 1. The number of nitrogens with one attached hydrogen (secondary N) is 1. The molecule has 3 heteroatoms. The summed E-state index contributed by atoms with van der Waals surface area (Å²) < 4.78 is 0. The molecule has 0 heterocycles. The summed E-state index contributed by atoms with van der Waals surface area (Å²) in [6.07, 6.45) is 5.86. The van der Waals surface area contributed by atoms with E-state index in [2.05, 4.69) is 17.5 Å². The topological polar surface area (TPSA) is 41.5 Å². The van der Waals surface area contributed by atoms with Crippen LogP contribution in [0.1, 0.15) is 44.6 Å². The molecule has 0 spiro atoms. The van der Waals surface area contributed by atoms with Crippen molar-refractivity contribution in [3.8, 4) is 0 Å². The van der Waals surface area contributed by atoms with E-state index in [4.69, 9.17) is 0 Å². The lowest BCUT2D eigenvalue weighted by atomic mass is 10.0. The highest BCUT2D eigenvalue weighted by molar-refractivity contribution is 5.89. The molecule has 1 atom stereocenters. The van der Waals surface area contributed by atoms with Crippen LogP contribution in [0.25, 0.3) is 0 Å². The quantitative estimate of drug-likeness (QED) is 0.809. The Morgan fingerprint density at radius 3 is 2.89 bits per heavy atom. The molecule has 3 nitrogen and oxygen atoms in total. The van der Waals surface area contributed by atoms with Crippen molar-refractivity contribution in [2.75, 3.05) is 0 Å². The van der Waals surface area contributed by atoms with Gasteiger partial charge < -0.3 is 0 Å². The van der Waals surface area contributed by atoms with Gasteiger partial charge in [0.2, 0.25) is 5.91 Å². The Bertz CT molecular complexity index is 439. The minimum absolute atomic E-state index is 0.0121. The van der Waals surface area contributed by atoms with E-state index in [0.29, 0.717) is 12.3 Å².